The number of nitrogens with zero attached hydrogens (tertiary/aromatic N) is 1. The number of fused-ring (bicyclic) bond motifs is 1. The van der Waals surface area contributed by atoms with Crippen LogP contribution in [0.2, 0.25) is 0 Å². The first-order chi connectivity index (χ1) is 5.79. The van der Waals surface area contributed by atoms with E-state index < -0.39 is 0 Å². The van der Waals surface area contributed by atoms with Gasteiger partial charge < -0.3 is 4.98 Å². The minimum absolute atomic E-state index is 0.0799. The Morgan fingerprint density at radius 2 is 2.17 bits per heavy atom. The van der Waals surface area contributed by atoms with Gasteiger partial charge in [0.15, 0.2) is 0 Å². The summed E-state index contributed by atoms with van der Waals surface area (Å²) in [7, 11) is 0. The first-order valence-corrected chi connectivity index (χ1v) is 3.71. The van der Waals surface area contributed by atoms with Crippen LogP contribution in [0.3, 0.4) is 0 Å². The smallest absolute Gasteiger partial charge is 0.257 e. The first-order valence-electron chi connectivity index (χ1n) is 3.71. The molecule has 0 spiro atoms. The topological polar surface area (TPSA) is 45.8 Å². The number of H-pyrrole nitrogens is 1. The van der Waals surface area contributed by atoms with Crippen LogP contribution in [0.1, 0.15) is 5.56 Å². The number of nitrogens with one attached hydrogen (secondary N) is 1. The second-order valence-corrected chi connectivity index (χ2v) is 2.72. The number of hydrogen-bond donors (Lipinski definition) is 1. The van der Waals surface area contributed by atoms with Gasteiger partial charge in [-0.25, -0.2) is 0 Å². The molecule has 2 rings (SSSR count). The van der Waals surface area contributed by atoms with Crippen LogP contribution < -0.4 is 5.56 Å². The van der Waals surface area contributed by atoms with Crippen molar-refractivity contribution in [2.45, 2.75) is 6.92 Å². The lowest BCUT2D eigenvalue weighted by molar-refractivity contribution is 1.24. The molecule has 1 N–H and O–H groups in total. The van der Waals surface area contributed by atoms with Crippen molar-refractivity contribution in [3.63, 3.8) is 0 Å². The largest absolute Gasteiger partial charge is 0.329 e. The van der Waals surface area contributed by atoms with Crippen LogP contribution in [-0.4, -0.2) is 9.97 Å². The lowest BCUT2D eigenvalue weighted by atomic mass is 10.1. The van der Waals surface area contributed by atoms with Crippen molar-refractivity contribution < 1.29 is 0 Å². The minimum Gasteiger partial charge on any atom is -0.329 e. The molecule has 3 nitrogen and oxygen atoms in total. The summed E-state index contributed by atoms with van der Waals surface area (Å²) in [6.07, 6.45) is 4.99. The number of rotatable bonds is 0. The van der Waals surface area contributed by atoms with E-state index in [1.54, 1.807) is 18.6 Å². The van der Waals surface area contributed by atoms with E-state index in [9.17, 15) is 4.79 Å². The van der Waals surface area contributed by atoms with Gasteiger partial charge in [-0.2, -0.15) is 0 Å². The van der Waals surface area contributed by atoms with Crippen molar-refractivity contribution >= 4 is 10.8 Å². The molecule has 0 saturated carbocycles. The molecule has 0 unspecified atom stereocenters. The molecule has 0 aliphatic rings. The number of hydrogen-bond acceptors (Lipinski definition) is 2. The molecule has 2 heterocycles. The van der Waals surface area contributed by atoms with Crippen LogP contribution in [0, 0.1) is 6.92 Å². The zero-order valence-corrected chi connectivity index (χ0v) is 6.66. The van der Waals surface area contributed by atoms with E-state index in [1.165, 1.54) is 0 Å². The molecule has 60 valence electrons. The molecule has 2 aromatic heterocycles. The first kappa shape index (κ1) is 7.03. The average Bonchev–Trinajstić information content (AvgIpc) is 2.07. The Kier molecular flexibility index (Phi) is 1.43. The second kappa shape index (κ2) is 2.44. The molecular formula is C9H8N2O. The van der Waals surface area contributed by atoms with Crippen molar-refractivity contribution in [2.75, 3.05) is 0 Å². The SMILES string of the molecule is Cc1cncc2c(=O)[nH]ccc12. The van der Waals surface area contributed by atoms with Crippen LogP contribution in [0.25, 0.3) is 10.8 Å². The van der Waals surface area contributed by atoms with Crippen LogP contribution >= 0.6 is 0 Å². The third-order valence-corrected chi connectivity index (χ3v) is 1.90. The molecule has 0 aliphatic carbocycles. The Hall–Kier alpha value is -1.64. The Labute approximate surface area is 69.1 Å². The van der Waals surface area contributed by atoms with E-state index in [1.807, 2.05) is 13.0 Å². The van der Waals surface area contributed by atoms with E-state index in [0.717, 1.165) is 10.9 Å². The lowest BCUT2D eigenvalue weighted by Gasteiger charge is -1.97. The van der Waals surface area contributed by atoms with Crippen LogP contribution in [0.15, 0.2) is 29.5 Å². The number of pyridine rings is 2. The van der Waals surface area contributed by atoms with E-state index in [2.05, 4.69) is 9.97 Å². The highest BCUT2D eigenvalue weighted by molar-refractivity contribution is 5.83. The van der Waals surface area contributed by atoms with Gasteiger partial charge in [-0.05, 0) is 23.9 Å². The van der Waals surface area contributed by atoms with Crippen molar-refractivity contribution in [2.24, 2.45) is 0 Å². The predicted octanol–water partition coefficient (Wildman–Crippen LogP) is 1.23. The van der Waals surface area contributed by atoms with Gasteiger partial charge in [0.05, 0.1) is 5.39 Å². The summed E-state index contributed by atoms with van der Waals surface area (Å²) in [5.41, 5.74) is 0.947. The van der Waals surface area contributed by atoms with Crippen LogP contribution in [0.4, 0.5) is 0 Å². The van der Waals surface area contributed by atoms with Crippen molar-refractivity contribution in [1.29, 1.82) is 0 Å². The van der Waals surface area contributed by atoms with Crippen molar-refractivity contribution in [3.05, 3.63) is 40.6 Å². The molecule has 0 radical (unpaired) electrons. The normalized spacial score (nSPS) is 10.4. The van der Waals surface area contributed by atoms with Gasteiger partial charge in [-0.3, -0.25) is 9.78 Å². The molecular weight excluding hydrogens is 152 g/mol. The predicted molar refractivity (Wildman–Crippen MR) is 47.1 cm³/mol. The highest BCUT2D eigenvalue weighted by Crippen LogP contribution is 2.10. The Morgan fingerprint density at radius 3 is 2.92 bits per heavy atom. The summed E-state index contributed by atoms with van der Waals surface area (Å²) >= 11 is 0. The molecule has 0 amide bonds. The van der Waals surface area contributed by atoms with Gasteiger partial charge in [0, 0.05) is 18.6 Å². The minimum atomic E-state index is -0.0799. The molecule has 12 heavy (non-hydrogen) atoms. The summed E-state index contributed by atoms with van der Waals surface area (Å²) in [6, 6.07) is 1.88. The zero-order chi connectivity index (χ0) is 8.55. The van der Waals surface area contributed by atoms with Gasteiger partial charge in [0.2, 0.25) is 0 Å². The van der Waals surface area contributed by atoms with Gasteiger partial charge >= 0.3 is 0 Å². The second-order valence-electron chi connectivity index (χ2n) is 2.72. The highest BCUT2D eigenvalue weighted by Gasteiger charge is 1.98. The van der Waals surface area contributed by atoms with Gasteiger partial charge in [0.25, 0.3) is 5.56 Å². The van der Waals surface area contributed by atoms with E-state index in [0.29, 0.717) is 5.39 Å². The third kappa shape index (κ3) is 0.906. The Bertz CT molecular complexity index is 473. The van der Waals surface area contributed by atoms with E-state index in [-0.39, 0.29) is 5.56 Å². The van der Waals surface area contributed by atoms with E-state index >= 15 is 0 Å². The van der Waals surface area contributed by atoms with Crippen LogP contribution in [-0.2, 0) is 0 Å². The average molecular weight is 160 g/mol. The van der Waals surface area contributed by atoms with Crippen LogP contribution in [0.5, 0.6) is 0 Å². The lowest BCUT2D eigenvalue weighted by Crippen LogP contribution is -2.05. The molecule has 0 saturated heterocycles. The maximum Gasteiger partial charge on any atom is 0.257 e. The summed E-state index contributed by atoms with van der Waals surface area (Å²) < 4.78 is 0. The highest BCUT2D eigenvalue weighted by atomic mass is 16.1. The quantitative estimate of drug-likeness (QED) is 0.630. The Balaban J connectivity index is 3.05. The van der Waals surface area contributed by atoms with Gasteiger partial charge in [0.1, 0.15) is 0 Å². The molecule has 3 heteroatoms. The number of aryl methyl sites for hydroxylation is 1. The summed E-state index contributed by atoms with van der Waals surface area (Å²) in [6.45, 7) is 1.94. The van der Waals surface area contributed by atoms with Crippen molar-refractivity contribution in [1.82, 2.24) is 9.97 Å². The third-order valence-electron chi connectivity index (χ3n) is 1.90. The van der Waals surface area contributed by atoms with Gasteiger partial charge in [-0.1, -0.05) is 0 Å². The van der Waals surface area contributed by atoms with E-state index in [4.69, 9.17) is 0 Å². The number of aromatic amines is 1. The molecule has 2 aromatic rings. The molecule has 0 bridgehead atoms. The standard InChI is InChI=1S/C9H8N2O/c1-6-4-10-5-8-7(6)2-3-11-9(8)12/h2-5H,1H3,(H,11,12). The fourth-order valence-corrected chi connectivity index (χ4v) is 1.26. The summed E-state index contributed by atoms with van der Waals surface area (Å²) in [5.74, 6) is 0. The maximum atomic E-state index is 11.2. The molecule has 0 atom stereocenters. The maximum absolute atomic E-state index is 11.2. The molecule has 0 aromatic carbocycles. The fraction of sp³-hybridized carbons (Fsp3) is 0.111. The zero-order valence-electron chi connectivity index (χ0n) is 6.66. The number of aromatic nitrogens is 2. The van der Waals surface area contributed by atoms with Gasteiger partial charge in [-0.15, -0.1) is 0 Å². The molecule has 0 fully saturated rings. The monoisotopic (exact) mass is 160 g/mol. The summed E-state index contributed by atoms with van der Waals surface area (Å²) in [4.78, 5) is 17.8. The van der Waals surface area contributed by atoms with Crippen molar-refractivity contribution in [3.8, 4) is 0 Å². The summed E-state index contributed by atoms with van der Waals surface area (Å²) in [5, 5.41) is 1.62. The fourth-order valence-electron chi connectivity index (χ4n) is 1.26. The molecule has 0 aliphatic heterocycles. The Morgan fingerprint density at radius 1 is 1.33 bits per heavy atom.